The molecule has 0 spiro atoms. The van der Waals surface area contributed by atoms with Crippen molar-refractivity contribution in [2.45, 2.75) is 44.1 Å². The fourth-order valence-corrected chi connectivity index (χ4v) is 6.85. The van der Waals surface area contributed by atoms with E-state index in [1.807, 2.05) is 11.0 Å². The second kappa shape index (κ2) is 5.30. The van der Waals surface area contributed by atoms with E-state index in [9.17, 15) is 4.79 Å². The fraction of sp³-hybridized carbons (Fsp3) is 0.750. The second-order valence-corrected chi connectivity index (χ2v) is 9.71. The summed E-state index contributed by atoms with van der Waals surface area (Å²) in [6, 6.07) is 0. The average molecular weight is 410 g/mol. The number of hydrogen-bond donors (Lipinski definition) is 1. The Labute approximate surface area is 153 Å². The van der Waals surface area contributed by atoms with Gasteiger partial charge in [-0.15, -0.1) is 5.10 Å². The number of aromatic nitrogens is 3. The summed E-state index contributed by atoms with van der Waals surface area (Å²) < 4.78 is 2.67. The molecular weight excluding hydrogens is 390 g/mol. The first-order valence-corrected chi connectivity index (χ1v) is 10.4. The molecule has 1 amide bonds. The van der Waals surface area contributed by atoms with Gasteiger partial charge in [-0.25, -0.2) is 9.67 Å². The SMILES string of the molecule is O=C(NC1=NCCS1)C12C[C@@H]3C[C@@H](C1)CC(n1cnc(Br)n1)(C3)C2. The van der Waals surface area contributed by atoms with E-state index in [2.05, 4.69) is 36.3 Å². The molecule has 4 bridgehead atoms. The molecule has 6 rings (SSSR count). The summed E-state index contributed by atoms with van der Waals surface area (Å²) in [6.07, 6.45) is 8.28. The van der Waals surface area contributed by atoms with Gasteiger partial charge in [0, 0.05) is 5.75 Å². The number of hydrogen-bond acceptors (Lipinski definition) is 5. The van der Waals surface area contributed by atoms with E-state index in [0.29, 0.717) is 16.6 Å². The van der Waals surface area contributed by atoms with Crippen LogP contribution in [0.2, 0.25) is 0 Å². The Kier molecular flexibility index (Phi) is 3.40. The van der Waals surface area contributed by atoms with Gasteiger partial charge in [0.1, 0.15) is 6.33 Å². The van der Waals surface area contributed by atoms with Crippen LogP contribution in [-0.2, 0) is 10.3 Å². The maximum Gasteiger partial charge on any atom is 0.232 e. The van der Waals surface area contributed by atoms with Gasteiger partial charge in [0.15, 0.2) is 5.17 Å². The Morgan fingerprint density at radius 3 is 2.75 bits per heavy atom. The van der Waals surface area contributed by atoms with Gasteiger partial charge in [0.05, 0.1) is 17.5 Å². The van der Waals surface area contributed by atoms with Crippen molar-refractivity contribution in [2.75, 3.05) is 12.3 Å². The van der Waals surface area contributed by atoms with Gasteiger partial charge in [-0.05, 0) is 66.3 Å². The summed E-state index contributed by atoms with van der Waals surface area (Å²) in [5, 5.41) is 8.50. The molecule has 1 N–H and O–H groups in total. The third-order valence-corrected chi connectivity index (χ3v) is 7.52. The van der Waals surface area contributed by atoms with E-state index in [1.165, 1.54) is 6.42 Å². The van der Waals surface area contributed by atoms with Gasteiger partial charge in [0.25, 0.3) is 0 Å². The van der Waals surface area contributed by atoms with Crippen molar-refractivity contribution in [3.8, 4) is 0 Å². The molecule has 4 aliphatic carbocycles. The summed E-state index contributed by atoms with van der Waals surface area (Å²) in [5.74, 6) is 2.41. The average Bonchev–Trinajstić information content (AvgIpc) is 3.17. The van der Waals surface area contributed by atoms with Gasteiger partial charge in [-0.2, -0.15) is 0 Å². The molecule has 5 aliphatic rings. The fourth-order valence-electron chi connectivity index (χ4n) is 5.86. The number of amidine groups is 1. The largest absolute Gasteiger partial charge is 0.305 e. The van der Waals surface area contributed by atoms with Crippen molar-refractivity contribution in [2.24, 2.45) is 22.2 Å². The van der Waals surface area contributed by atoms with Crippen LogP contribution in [0.15, 0.2) is 16.1 Å². The lowest BCUT2D eigenvalue weighted by Gasteiger charge is -2.60. The number of nitrogens with zero attached hydrogens (tertiary/aromatic N) is 4. The van der Waals surface area contributed by atoms with Crippen molar-refractivity contribution in [3.63, 3.8) is 0 Å². The maximum atomic E-state index is 13.2. The van der Waals surface area contributed by atoms with Gasteiger partial charge >= 0.3 is 0 Å². The van der Waals surface area contributed by atoms with Crippen LogP contribution in [0.3, 0.4) is 0 Å². The molecule has 0 radical (unpaired) electrons. The van der Waals surface area contributed by atoms with E-state index < -0.39 is 0 Å². The molecule has 0 aromatic carbocycles. The Bertz CT molecular complexity index is 718. The van der Waals surface area contributed by atoms with E-state index >= 15 is 0 Å². The molecule has 1 aromatic rings. The first-order valence-electron chi connectivity index (χ1n) is 8.63. The third-order valence-electron chi connectivity index (χ3n) is 6.27. The minimum atomic E-state index is -0.256. The topological polar surface area (TPSA) is 72.2 Å². The summed E-state index contributed by atoms with van der Waals surface area (Å²) in [7, 11) is 0. The Morgan fingerprint density at radius 1 is 1.33 bits per heavy atom. The normalized spacial score (nSPS) is 40.0. The monoisotopic (exact) mass is 409 g/mol. The summed E-state index contributed by atoms with van der Waals surface area (Å²) in [5.41, 5.74) is -0.292. The number of amides is 1. The molecule has 24 heavy (non-hydrogen) atoms. The van der Waals surface area contributed by atoms with Crippen LogP contribution in [0.5, 0.6) is 0 Å². The summed E-state index contributed by atoms with van der Waals surface area (Å²) >= 11 is 5.03. The lowest BCUT2D eigenvalue weighted by atomic mass is 9.46. The van der Waals surface area contributed by atoms with E-state index in [4.69, 9.17) is 0 Å². The molecule has 1 aromatic heterocycles. The van der Waals surface area contributed by atoms with Crippen LogP contribution >= 0.6 is 27.7 Å². The highest BCUT2D eigenvalue weighted by molar-refractivity contribution is 9.10. The molecule has 0 unspecified atom stereocenters. The minimum absolute atomic E-state index is 0.0366. The number of carbonyl (C=O) groups excluding carboxylic acids is 1. The highest BCUT2D eigenvalue weighted by Gasteiger charge is 2.61. The van der Waals surface area contributed by atoms with Crippen molar-refractivity contribution < 1.29 is 4.79 Å². The highest BCUT2D eigenvalue weighted by Crippen LogP contribution is 2.64. The van der Waals surface area contributed by atoms with Crippen molar-refractivity contribution in [1.29, 1.82) is 0 Å². The standard InChI is InChI=1S/C16H20BrN5OS/c17-13-19-9-22(21-13)16-6-10-3-11(7-16)5-15(4-10,8-16)12(23)20-14-18-1-2-24-14/h9-11H,1-8H2,(H,18,20,23)/t10-,11-,15?,16?/m0/s1. The maximum absolute atomic E-state index is 13.2. The van der Waals surface area contributed by atoms with Gasteiger partial charge in [-0.3, -0.25) is 9.79 Å². The van der Waals surface area contributed by atoms with Crippen LogP contribution in [0.1, 0.15) is 38.5 Å². The van der Waals surface area contributed by atoms with Crippen molar-refractivity contribution in [1.82, 2.24) is 20.1 Å². The molecule has 8 heteroatoms. The van der Waals surface area contributed by atoms with E-state index in [1.54, 1.807) is 11.8 Å². The van der Waals surface area contributed by atoms with Crippen molar-refractivity contribution >= 4 is 38.8 Å². The van der Waals surface area contributed by atoms with Gasteiger partial charge in [0.2, 0.25) is 10.6 Å². The molecule has 4 fully saturated rings. The molecule has 128 valence electrons. The summed E-state index contributed by atoms with van der Waals surface area (Å²) in [4.78, 5) is 21.8. The zero-order valence-electron chi connectivity index (χ0n) is 13.4. The smallest absolute Gasteiger partial charge is 0.232 e. The van der Waals surface area contributed by atoms with Crippen LogP contribution in [0.25, 0.3) is 0 Å². The third kappa shape index (κ3) is 2.29. The first kappa shape index (κ1) is 15.4. The predicted molar refractivity (Wildman–Crippen MR) is 95.7 cm³/mol. The summed E-state index contributed by atoms with van der Waals surface area (Å²) in [6.45, 7) is 0.815. The lowest BCUT2D eigenvalue weighted by molar-refractivity contribution is -0.154. The number of halogens is 1. The molecule has 0 saturated heterocycles. The lowest BCUT2D eigenvalue weighted by Crippen LogP contribution is -2.61. The molecule has 1 aliphatic heterocycles. The molecular formula is C16H20BrN5OS. The first-order chi connectivity index (χ1) is 11.6. The Morgan fingerprint density at radius 2 is 2.12 bits per heavy atom. The van der Waals surface area contributed by atoms with Crippen LogP contribution in [0, 0.1) is 17.3 Å². The number of aliphatic imine (C=N–C) groups is 1. The van der Waals surface area contributed by atoms with Crippen LogP contribution in [-0.4, -0.2) is 38.1 Å². The number of thioether (sulfide) groups is 1. The second-order valence-electron chi connectivity index (χ2n) is 7.91. The Hall–Kier alpha value is -0.890. The molecule has 4 saturated carbocycles. The number of carbonyl (C=O) groups is 1. The predicted octanol–water partition coefficient (Wildman–Crippen LogP) is 2.56. The van der Waals surface area contributed by atoms with E-state index in [0.717, 1.165) is 49.6 Å². The van der Waals surface area contributed by atoms with Crippen molar-refractivity contribution in [3.05, 3.63) is 11.1 Å². The van der Waals surface area contributed by atoms with Crippen LogP contribution < -0.4 is 5.32 Å². The molecule has 6 nitrogen and oxygen atoms in total. The van der Waals surface area contributed by atoms with Crippen LogP contribution in [0.4, 0.5) is 0 Å². The quantitative estimate of drug-likeness (QED) is 0.814. The van der Waals surface area contributed by atoms with E-state index in [-0.39, 0.29) is 16.9 Å². The number of nitrogens with one attached hydrogen (secondary N) is 1. The highest BCUT2D eigenvalue weighted by atomic mass is 79.9. The Balaban J connectivity index is 1.48. The minimum Gasteiger partial charge on any atom is -0.305 e. The zero-order chi connectivity index (χ0) is 16.4. The van der Waals surface area contributed by atoms with Gasteiger partial charge < -0.3 is 5.32 Å². The molecule has 2 atom stereocenters. The van der Waals surface area contributed by atoms with Gasteiger partial charge in [-0.1, -0.05) is 11.8 Å². The zero-order valence-corrected chi connectivity index (χ0v) is 15.8. The molecule has 2 heterocycles. The number of rotatable bonds is 2.